The third-order valence-corrected chi connectivity index (χ3v) is 3.00. The number of nitrogens with zero attached hydrogens (tertiary/aromatic N) is 1. The van der Waals surface area contributed by atoms with Crippen LogP contribution >= 0.6 is 0 Å². The van der Waals surface area contributed by atoms with Gasteiger partial charge in [-0.25, -0.2) is 4.98 Å². The Morgan fingerprint density at radius 3 is 2.81 bits per heavy atom. The Morgan fingerprint density at radius 1 is 1.24 bits per heavy atom. The Bertz CT molecular complexity index is 807. The Morgan fingerprint density at radius 2 is 2.05 bits per heavy atom. The van der Waals surface area contributed by atoms with E-state index in [9.17, 15) is 4.79 Å². The molecule has 5 heteroatoms. The molecule has 0 bridgehead atoms. The summed E-state index contributed by atoms with van der Waals surface area (Å²) in [6, 6.07) is 10.9. The summed E-state index contributed by atoms with van der Waals surface area (Å²) in [5.41, 5.74) is 1.26. The molecule has 2 aromatic heterocycles. The predicted molar refractivity (Wildman–Crippen MR) is 77.3 cm³/mol. The van der Waals surface area contributed by atoms with Crippen molar-refractivity contribution < 1.29 is 18.7 Å². The highest BCUT2D eigenvalue weighted by Gasteiger charge is 2.15. The summed E-state index contributed by atoms with van der Waals surface area (Å²) >= 11 is 0. The standard InChI is InChI=1S/C16H13NO4/c1-10(18)20-13-6-4-3-5-12(13)14-9-11-7-8-17-16(19-2)15(11)21-14/h3-9H,1-2H3. The Balaban J connectivity index is 2.15. The number of hydrogen-bond acceptors (Lipinski definition) is 5. The van der Waals surface area contributed by atoms with Crippen molar-refractivity contribution in [2.24, 2.45) is 0 Å². The topological polar surface area (TPSA) is 61.6 Å². The maximum Gasteiger partial charge on any atom is 0.308 e. The molecule has 0 amide bonds. The van der Waals surface area contributed by atoms with Crippen molar-refractivity contribution in [2.45, 2.75) is 6.92 Å². The first-order valence-electron chi connectivity index (χ1n) is 6.39. The highest BCUT2D eigenvalue weighted by molar-refractivity contribution is 5.87. The van der Waals surface area contributed by atoms with Gasteiger partial charge in [0.15, 0.2) is 5.58 Å². The van der Waals surface area contributed by atoms with Gasteiger partial charge in [0, 0.05) is 18.5 Å². The van der Waals surface area contributed by atoms with Crippen molar-refractivity contribution in [2.75, 3.05) is 7.11 Å². The van der Waals surface area contributed by atoms with E-state index < -0.39 is 0 Å². The monoisotopic (exact) mass is 283 g/mol. The first-order valence-corrected chi connectivity index (χ1v) is 6.39. The van der Waals surface area contributed by atoms with Crippen molar-refractivity contribution in [1.29, 1.82) is 0 Å². The molecule has 0 saturated carbocycles. The van der Waals surface area contributed by atoms with E-state index in [4.69, 9.17) is 13.9 Å². The van der Waals surface area contributed by atoms with E-state index in [0.717, 1.165) is 5.39 Å². The Labute approximate surface area is 121 Å². The molecule has 106 valence electrons. The van der Waals surface area contributed by atoms with Gasteiger partial charge in [-0.1, -0.05) is 12.1 Å². The average molecular weight is 283 g/mol. The zero-order chi connectivity index (χ0) is 14.8. The zero-order valence-corrected chi connectivity index (χ0v) is 11.6. The van der Waals surface area contributed by atoms with Gasteiger partial charge >= 0.3 is 5.97 Å². The van der Waals surface area contributed by atoms with Gasteiger partial charge in [-0.2, -0.15) is 0 Å². The third kappa shape index (κ3) is 2.45. The number of carbonyl (C=O) groups excluding carboxylic acids is 1. The van der Waals surface area contributed by atoms with Crippen LogP contribution in [0.4, 0.5) is 0 Å². The molecule has 0 saturated heterocycles. The number of esters is 1. The van der Waals surface area contributed by atoms with Crippen LogP contribution in [0.3, 0.4) is 0 Å². The number of furan rings is 1. The minimum absolute atomic E-state index is 0.377. The van der Waals surface area contributed by atoms with Crippen LogP contribution in [0.5, 0.6) is 11.6 Å². The molecule has 2 heterocycles. The van der Waals surface area contributed by atoms with Gasteiger partial charge in [-0.15, -0.1) is 0 Å². The van der Waals surface area contributed by atoms with Gasteiger partial charge in [0.1, 0.15) is 11.5 Å². The first-order chi connectivity index (χ1) is 10.2. The van der Waals surface area contributed by atoms with Crippen LogP contribution in [0.2, 0.25) is 0 Å². The summed E-state index contributed by atoms with van der Waals surface area (Å²) in [6.45, 7) is 1.36. The fraction of sp³-hybridized carbons (Fsp3) is 0.125. The number of carbonyl (C=O) groups is 1. The highest BCUT2D eigenvalue weighted by Crippen LogP contribution is 2.36. The molecule has 0 N–H and O–H groups in total. The second-order valence-electron chi connectivity index (χ2n) is 4.44. The molecule has 0 fully saturated rings. The first kappa shape index (κ1) is 13.2. The molecule has 1 aromatic carbocycles. The third-order valence-electron chi connectivity index (χ3n) is 3.00. The molecule has 5 nitrogen and oxygen atoms in total. The number of rotatable bonds is 3. The molecule has 0 aliphatic heterocycles. The van der Waals surface area contributed by atoms with E-state index in [1.54, 1.807) is 18.3 Å². The van der Waals surface area contributed by atoms with Gasteiger partial charge in [-0.3, -0.25) is 4.79 Å². The molecule has 3 aromatic rings. The van der Waals surface area contributed by atoms with E-state index in [1.165, 1.54) is 14.0 Å². The number of aromatic nitrogens is 1. The summed E-state index contributed by atoms with van der Waals surface area (Å²) in [6.07, 6.45) is 1.65. The van der Waals surface area contributed by atoms with E-state index in [0.29, 0.717) is 28.5 Å². The lowest BCUT2D eigenvalue weighted by Crippen LogP contribution is -2.02. The lowest BCUT2D eigenvalue weighted by atomic mass is 10.1. The SMILES string of the molecule is COc1nccc2cc(-c3ccccc3OC(C)=O)oc12. The molecule has 21 heavy (non-hydrogen) atoms. The number of hydrogen-bond donors (Lipinski definition) is 0. The summed E-state index contributed by atoms with van der Waals surface area (Å²) in [4.78, 5) is 15.3. The Kier molecular flexibility index (Phi) is 3.31. The molecule has 0 aliphatic rings. The summed E-state index contributed by atoms with van der Waals surface area (Å²) in [5, 5.41) is 0.870. The van der Waals surface area contributed by atoms with Gasteiger partial charge in [0.2, 0.25) is 0 Å². The summed E-state index contributed by atoms with van der Waals surface area (Å²) in [5.74, 6) is 1.09. The average Bonchev–Trinajstić information content (AvgIpc) is 2.90. The number of methoxy groups -OCH3 is 1. The van der Waals surface area contributed by atoms with Gasteiger partial charge in [-0.05, 0) is 24.3 Å². The highest BCUT2D eigenvalue weighted by atomic mass is 16.5. The van der Waals surface area contributed by atoms with Crippen LogP contribution in [0.1, 0.15) is 6.92 Å². The van der Waals surface area contributed by atoms with Crippen LogP contribution in [0.15, 0.2) is 47.0 Å². The minimum Gasteiger partial charge on any atom is -0.478 e. The molecular formula is C16H13NO4. The van der Waals surface area contributed by atoms with E-state index in [2.05, 4.69) is 4.98 Å². The number of para-hydroxylation sites is 1. The number of fused-ring (bicyclic) bond motifs is 1. The maximum absolute atomic E-state index is 11.2. The second kappa shape index (κ2) is 5.28. The van der Waals surface area contributed by atoms with Crippen molar-refractivity contribution in [3.63, 3.8) is 0 Å². The summed E-state index contributed by atoms with van der Waals surface area (Å²) in [7, 11) is 1.54. The van der Waals surface area contributed by atoms with Gasteiger partial charge in [0.05, 0.1) is 12.7 Å². The van der Waals surface area contributed by atoms with E-state index >= 15 is 0 Å². The zero-order valence-electron chi connectivity index (χ0n) is 11.6. The molecule has 0 spiro atoms. The lowest BCUT2D eigenvalue weighted by molar-refractivity contribution is -0.131. The maximum atomic E-state index is 11.2. The fourth-order valence-corrected chi connectivity index (χ4v) is 2.13. The van der Waals surface area contributed by atoms with Gasteiger partial charge < -0.3 is 13.9 Å². The van der Waals surface area contributed by atoms with Crippen LogP contribution < -0.4 is 9.47 Å². The molecule has 3 rings (SSSR count). The van der Waals surface area contributed by atoms with Crippen LogP contribution in [0.25, 0.3) is 22.3 Å². The molecule has 0 atom stereocenters. The van der Waals surface area contributed by atoms with Crippen molar-refractivity contribution in [3.8, 4) is 23.0 Å². The minimum atomic E-state index is -0.377. The number of pyridine rings is 1. The molecule has 0 unspecified atom stereocenters. The van der Waals surface area contributed by atoms with Gasteiger partial charge in [0.25, 0.3) is 5.88 Å². The Hall–Kier alpha value is -2.82. The summed E-state index contributed by atoms with van der Waals surface area (Å²) < 4.78 is 16.2. The number of benzene rings is 1. The second-order valence-corrected chi connectivity index (χ2v) is 4.44. The lowest BCUT2D eigenvalue weighted by Gasteiger charge is -2.05. The smallest absolute Gasteiger partial charge is 0.308 e. The quantitative estimate of drug-likeness (QED) is 0.544. The fourth-order valence-electron chi connectivity index (χ4n) is 2.13. The normalized spacial score (nSPS) is 10.6. The number of ether oxygens (including phenoxy) is 2. The van der Waals surface area contributed by atoms with Crippen molar-refractivity contribution in [1.82, 2.24) is 4.98 Å². The van der Waals surface area contributed by atoms with Crippen molar-refractivity contribution >= 4 is 16.9 Å². The van der Waals surface area contributed by atoms with E-state index in [-0.39, 0.29) is 5.97 Å². The largest absolute Gasteiger partial charge is 0.478 e. The molecule has 0 aliphatic carbocycles. The molecular weight excluding hydrogens is 270 g/mol. The van der Waals surface area contributed by atoms with Crippen molar-refractivity contribution in [3.05, 3.63) is 42.6 Å². The van der Waals surface area contributed by atoms with E-state index in [1.807, 2.05) is 24.3 Å². The van der Waals surface area contributed by atoms with Crippen LogP contribution in [-0.4, -0.2) is 18.1 Å². The predicted octanol–water partition coefficient (Wildman–Crippen LogP) is 3.43. The van der Waals surface area contributed by atoms with Crippen LogP contribution in [-0.2, 0) is 4.79 Å². The molecule has 0 radical (unpaired) electrons. The van der Waals surface area contributed by atoms with Crippen LogP contribution in [0, 0.1) is 0 Å².